The topological polar surface area (TPSA) is 32.5 Å². The molecule has 0 aliphatic heterocycles. The molecule has 0 aliphatic rings. The molecule has 0 aliphatic carbocycles. The van der Waals surface area contributed by atoms with Crippen LogP contribution in [0.25, 0.3) is 0 Å². The second-order valence-corrected chi connectivity index (χ2v) is 6.22. The van der Waals surface area contributed by atoms with Crippen molar-refractivity contribution >= 4 is 38.8 Å². The van der Waals surface area contributed by atoms with Gasteiger partial charge in [-0.3, -0.25) is 0 Å². The van der Waals surface area contributed by atoms with Crippen LogP contribution in [0.1, 0.15) is 19.4 Å². The molecule has 2 N–H and O–H groups in total. The van der Waals surface area contributed by atoms with Crippen LogP contribution in [-0.2, 0) is 0 Å². The maximum Gasteiger partial charge on any atom is 0.104 e. The molecule has 106 valence electrons. The Morgan fingerprint density at radius 2 is 2.05 bits per heavy atom. The fourth-order valence-electron chi connectivity index (χ4n) is 2.24. The number of benzene rings is 1. The number of rotatable bonds is 6. The molecule has 1 rings (SSSR count). The fraction of sp³-hybridized carbons (Fsp3) is 0.500. The van der Waals surface area contributed by atoms with Crippen LogP contribution in [0, 0.1) is 0 Å². The van der Waals surface area contributed by atoms with Gasteiger partial charge in [-0.2, -0.15) is 0 Å². The summed E-state index contributed by atoms with van der Waals surface area (Å²) in [5, 5.41) is 0. The zero-order chi connectivity index (χ0) is 14.6. The molecule has 1 aromatic carbocycles. The number of halogens is 1. The first-order valence-corrected chi connectivity index (χ1v) is 7.57. The number of likely N-dealkylation sites (N-methyl/N-ethyl adjacent to an activating group) is 2. The molecule has 0 spiro atoms. The smallest absolute Gasteiger partial charge is 0.104 e. The van der Waals surface area contributed by atoms with Gasteiger partial charge in [-0.1, -0.05) is 12.2 Å². The normalized spacial score (nSPS) is 12.5. The predicted molar refractivity (Wildman–Crippen MR) is 91.1 cm³/mol. The standard InChI is InChI=1S/C14H22BrN3S/c1-5-18(10(2)9-17(3)4)13-7-6-11(14(16)19)8-12(13)15/h6-8,10H,5,9H2,1-4H3,(H2,16,19). The Labute approximate surface area is 129 Å². The highest BCUT2D eigenvalue weighted by molar-refractivity contribution is 9.10. The molecule has 1 atom stereocenters. The van der Waals surface area contributed by atoms with E-state index < -0.39 is 0 Å². The molecule has 1 unspecified atom stereocenters. The first-order chi connectivity index (χ1) is 8.86. The summed E-state index contributed by atoms with van der Waals surface area (Å²) in [5.74, 6) is 0. The lowest BCUT2D eigenvalue weighted by atomic mass is 10.1. The van der Waals surface area contributed by atoms with Gasteiger partial charge in [-0.15, -0.1) is 0 Å². The Bertz CT molecular complexity index is 448. The van der Waals surface area contributed by atoms with Crippen LogP contribution in [0.4, 0.5) is 5.69 Å². The van der Waals surface area contributed by atoms with Crippen LogP contribution in [0.5, 0.6) is 0 Å². The minimum Gasteiger partial charge on any atom is -0.389 e. The summed E-state index contributed by atoms with van der Waals surface area (Å²) in [6.45, 7) is 6.37. The van der Waals surface area contributed by atoms with E-state index in [0.717, 1.165) is 23.1 Å². The van der Waals surface area contributed by atoms with Gasteiger partial charge < -0.3 is 15.5 Å². The van der Waals surface area contributed by atoms with Crippen molar-refractivity contribution in [3.8, 4) is 0 Å². The van der Waals surface area contributed by atoms with Crippen LogP contribution >= 0.6 is 28.1 Å². The Balaban J connectivity index is 3.02. The van der Waals surface area contributed by atoms with Crippen LogP contribution in [0.2, 0.25) is 0 Å². The summed E-state index contributed by atoms with van der Waals surface area (Å²) in [5.41, 5.74) is 7.73. The minimum absolute atomic E-state index is 0.427. The summed E-state index contributed by atoms with van der Waals surface area (Å²) in [4.78, 5) is 4.99. The maximum absolute atomic E-state index is 5.66. The van der Waals surface area contributed by atoms with Gasteiger partial charge in [0.1, 0.15) is 4.99 Å². The van der Waals surface area contributed by atoms with Crippen molar-refractivity contribution in [2.45, 2.75) is 19.9 Å². The van der Waals surface area contributed by atoms with E-state index >= 15 is 0 Å². The van der Waals surface area contributed by atoms with E-state index in [1.165, 1.54) is 5.69 Å². The molecule has 0 bridgehead atoms. The van der Waals surface area contributed by atoms with Gasteiger partial charge >= 0.3 is 0 Å². The number of hydrogen-bond donors (Lipinski definition) is 1. The average molecular weight is 344 g/mol. The van der Waals surface area contributed by atoms with Crippen molar-refractivity contribution in [3.05, 3.63) is 28.2 Å². The Hall–Kier alpha value is -0.650. The second-order valence-electron chi connectivity index (χ2n) is 4.93. The third-order valence-electron chi connectivity index (χ3n) is 3.04. The summed E-state index contributed by atoms with van der Waals surface area (Å²) in [6.07, 6.45) is 0. The van der Waals surface area contributed by atoms with E-state index in [4.69, 9.17) is 18.0 Å². The summed E-state index contributed by atoms with van der Waals surface area (Å²) in [6, 6.07) is 6.48. The van der Waals surface area contributed by atoms with Crippen molar-refractivity contribution in [1.29, 1.82) is 0 Å². The third-order valence-corrected chi connectivity index (χ3v) is 3.91. The zero-order valence-electron chi connectivity index (χ0n) is 12.0. The second kappa shape index (κ2) is 7.22. The first kappa shape index (κ1) is 16.4. The van der Waals surface area contributed by atoms with Crippen molar-refractivity contribution in [3.63, 3.8) is 0 Å². The van der Waals surface area contributed by atoms with Crippen molar-refractivity contribution in [1.82, 2.24) is 4.90 Å². The summed E-state index contributed by atoms with van der Waals surface area (Å²) < 4.78 is 1.03. The quantitative estimate of drug-likeness (QED) is 0.805. The van der Waals surface area contributed by atoms with E-state index in [1.807, 2.05) is 12.1 Å². The van der Waals surface area contributed by atoms with Gasteiger partial charge in [-0.25, -0.2) is 0 Å². The fourth-order valence-corrected chi connectivity index (χ4v) is 2.97. The molecule has 3 nitrogen and oxygen atoms in total. The number of thiocarbonyl (C=S) groups is 1. The molecule has 5 heteroatoms. The number of hydrogen-bond acceptors (Lipinski definition) is 3. The molecule has 0 radical (unpaired) electrons. The molecular formula is C14H22BrN3S. The summed E-state index contributed by atoms with van der Waals surface area (Å²) in [7, 11) is 4.19. The lowest BCUT2D eigenvalue weighted by molar-refractivity contribution is 0.373. The maximum atomic E-state index is 5.66. The lowest BCUT2D eigenvalue weighted by Gasteiger charge is -2.33. The van der Waals surface area contributed by atoms with E-state index in [9.17, 15) is 0 Å². The van der Waals surface area contributed by atoms with Crippen LogP contribution in [-0.4, -0.2) is 43.1 Å². The van der Waals surface area contributed by atoms with E-state index in [0.29, 0.717) is 11.0 Å². The first-order valence-electron chi connectivity index (χ1n) is 6.37. The zero-order valence-corrected chi connectivity index (χ0v) is 14.4. The largest absolute Gasteiger partial charge is 0.389 e. The van der Waals surface area contributed by atoms with E-state index in [-0.39, 0.29) is 0 Å². The number of nitrogens with two attached hydrogens (primary N) is 1. The van der Waals surface area contributed by atoms with Crippen molar-refractivity contribution < 1.29 is 0 Å². The molecule has 1 aromatic rings. The summed E-state index contributed by atoms with van der Waals surface area (Å²) >= 11 is 8.63. The Kier molecular flexibility index (Phi) is 6.23. The Morgan fingerprint density at radius 3 is 2.47 bits per heavy atom. The molecule has 19 heavy (non-hydrogen) atoms. The average Bonchev–Trinajstić information content (AvgIpc) is 2.30. The van der Waals surface area contributed by atoms with Gasteiger partial charge in [0, 0.05) is 29.2 Å². The van der Waals surface area contributed by atoms with E-state index in [1.54, 1.807) is 0 Å². The van der Waals surface area contributed by atoms with Crippen LogP contribution in [0.15, 0.2) is 22.7 Å². The highest BCUT2D eigenvalue weighted by Gasteiger charge is 2.16. The predicted octanol–water partition coefficient (Wildman–Crippen LogP) is 2.86. The van der Waals surface area contributed by atoms with Gasteiger partial charge in [0.05, 0.1) is 5.69 Å². The molecule has 0 fully saturated rings. The highest BCUT2D eigenvalue weighted by atomic mass is 79.9. The minimum atomic E-state index is 0.427. The van der Waals surface area contributed by atoms with Gasteiger partial charge in [-0.05, 0) is 62.1 Å². The molecule has 0 heterocycles. The number of nitrogens with zero attached hydrogens (tertiary/aromatic N) is 2. The van der Waals surface area contributed by atoms with Gasteiger partial charge in [0.2, 0.25) is 0 Å². The molecular weight excluding hydrogens is 322 g/mol. The monoisotopic (exact) mass is 343 g/mol. The molecule has 0 saturated heterocycles. The number of anilines is 1. The van der Waals surface area contributed by atoms with Gasteiger partial charge in [0.15, 0.2) is 0 Å². The van der Waals surface area contributed by atoms with E-state index in [2.05, 4.69) is 59.7 Å². The molecule has 0 aromatic heterocycles. The van der Waals surface area contributed by atoms with Crippen molar-refractivity contribution in [2.24, 2.45) is 5.73 Å². The van der Waals surface area contributed by atoms with Crippen molar-refractivity contribution in [2.75, 3.05) is 32.1 Å². The SMILES string of the molecule is CCN(c1ccc(C(N)=S)cc1Br)C(C)CN(C)C. The van der Waals surface area contributed by atoms with Crippen LogP contribution in [0.3, 0.4) is 0 Å². The lowest BCUT2D eigenvalue weighted by Crippen LogP contribution is -2.40. The highest BCUT2D eigenvalue weighted by Crippen LogP contribution is 2.28. The van der Waals surface area contributed by atoms with Gasteiger partial charge in [0.25, 0.3) is 0 Å². The van der Waals surface area contributed by atoms with Crippen LogP contribution < -0.4 is 10.6 Å². The third kappa shape index (κ3) is 4.44. The molecule has 0 saturated carbocycles. The molecule has 0 amide bonds. The Morgan fingerprint density at radius 1 is 1.42 bits per heavy atom.